The number of aliphatic hydroxyl groups is 1. The van der Waals surface area contributed by atoms with Crippen molar-refractivity contribution in [3.8, 4) is 11.1 Å². The van der Waals surface area contributed by atoms with Gasteiger partial charge < -0.3 is 19.7 Å². The zero-order valence-corrected chi connectivity index (χ0v) is 17.5. The number of hydrogen-bond donors (Lipinski definition) is 2. The maximum absolute atomic E-state index is 12.8. The molecule has 0 spiro atoms. The fraction of sp³-hybridized carbons (Fsp3) is 0.375. The summed E-state index contributed by atoms with van der Waals surface area (Å²) < 4.78 is 10.9. The van der Waals surface area contributed by atoms with Gasteiger partial charge >= 0.3 is 18.0 Å². The number of likely N-dealkylation sites (tertiary alicyclic amines) is 1. The number of carboxylic acids is 1. The van der Waals surface area contributed by atoms with Crippen molar-refractivity contribution >= 4 is 18.0 Å². The number of benzene rings is 2. The third-order valence-corrected chi connectivity index (χ3v) is 6.00. The Morgan fingerprint density at radius 2 is 1.59 bits per heavy atom. The molecule has 2 N–H and O–H groups in total. The number of aliphatic carboxylic acids is 1. The van der Waals surface area contributed by atoms with Gasteiger partial charge in [-0.3, -0.25) is 14.5 Å². The molecule has 1 saturated heterocycles. The summed E-state index contributed by atoms with van der Waals surface area (Å²) in [5.74, 6) is -1.79. The van der Waals surface area contributed by atoms with E-state index in [0.717, 1.165) is 22.3 Å². The molecule has 8 heteroatoms. The number of ether oxygens (including phenoxy) is 2. The van der Waals surface area contributed by atoms with Crippen LogP contribution in [0.25, 0.3) is 11.1 Å². The normalized spacial score (nSPS) is 19.3. The molecule has 1 amide bonds. The van der Waals surface area contributed by atoms with Gasteiger partial charge in [-0.1, -0.05) is 48.5 Å². The van der Waals surface area contributed by atoms with Crippen LogP contribution in [0.5, 0.6) is 0 Å². The monoisotopic (exact) mass is 439 g/mol. The van der Waals surface area contributed by atoms with Gasteiger partial charge in [0, 0.05) is 12.3 Å². The molecule has 2 aliphatic rings. The molecule has 0 saturated carbocycles. The van der Waals surface area contributed by atoms with Crippen LogP contribution < -0.4 is 0 Å². The number of aliphatic hydroxyl groups excluding tert-OH is 1. The Morgan fingerprint density at radius 1 is 0.969 bits per heavy atom. The van der Waals surface area contributed by atoms with E-state index in [0.29, 0.717) is 0 Å². The van der Waals surface area contributed by atoms with Gasteiger partial charge in [-0.15, -0.1) is 0 Å². The lowest BCUT2D eigenvalue weighted by atomic mass is 9.98. The molecular weight excluding hydrogens is 414 g/mol. The molecule has 168 valence electrons. The molecule has 4 rings (SSSR count). The predicted molar refractivity (Wildman–Crippen MR) is 114 cm³/mol. The van der Waals surface area contributed by atoms with Crippen LogP contribution in [-0.2, 0) is 19.1 Å². The van der Waals surface area contributed by atoms with Crippen molar-refractivity contribution in [3.63, 3.8) is 0 Å². The average molecular weight is 439 g/mol. The Bertz CT molecular complexity index is 975. The second-order valence-electron chi connectivity index (χ2n) is 8.03. The molecule has 32 heavy (non-hydrogen) atoms. The van der Waals surface area contributed by atoms with Crippen LogP contribution in [0.2, 0.25) is 0 Å². The molecule has 8 nitrogen and oxygen atoms in total. The summed E-state index contributed by atoms with van der Waals surface area (Å²) in [7, 11) is 0. The van der Waals surface area contributed by atoms with Crippen LogP contribution in [0.3, 0.4) is 0 Å². The summed E-state index contributed by atoms with van der Waals surface area (Å²) in [6.07, 6.45) is -1.45. The summed E-state index contributed by atoms with van der Waals surface area (Å²) in [5, 5.41) is 18.4. The first-order chi connectivity index (χ1) is 15.5. The topological polar surface area (TPSA) is 113 Å². The lowest BCUT2D eigenvalue weighted by Gasteiger charge is -2.23. The second-order valence-corrected chi connectivity index (χ2v) is 8.03. The molecule has 2 atom stereocenters. The minimum absolute atomic E-state index is 0.0776. The van der Waals surface area contributed by atoms with Crippen LogP contribution in [0.1, 0.15) is 36.3 Å². The van der Waals surface area contributed by atoms with E-state index in [1.807, 2.05) is 36.4 Å². The Hall–Kier alpha value is -3.39. The van der Waals surface area contributed by atoms with Gasteiger partial charge in [0.2, 0.25) is 0 Å². The average Bonchev–Trinajstić information content (AvgIpc) is 3.35. The van der Waals surface area contributed by atoms with Gasteiger partial charge in [0.15, 0.2) is 0 Å². The highest BCUT2D eigenvalue weighted by Crippen LogP contribution is 2.44. The SMILES string of the molecule is O=C(O)CCC(=O)O[C@@H]1C[C@@H](CO)N(C(=O)OCC2c3ccccc3-c3ccccc32)C1. The Balaban J connectivity index is 1.39. The number of esters is 1. The largest absolute Gasteiger partial charge is 0.481 e. The highest BCUT2D eigenvalue weighted by Gasteiger charge is 2.38. The van der Waals surface area contributed by atoms with E-state index in [1.165, 1.54) is 4.90 Å². The van der Waals surface area contributed by atoms with Crippen molar-refractivity contribution in [2.75, 3.05) is 19.8 Å². The standard InChI is InChI=1S/C24H25NO7/c26-13-15-11-16(32-23(29)10-9-22(27)28)12-25(15)24(30)31-14-21-19-7-3-1-5-17(19)18-6-2-4-8-20(18)21/h1-8,15-16,21,26H,9-14H2,(H,27,28)/t15-,16+/m0/s1. The summed E-state index contributed by atoms with van der Waals surface area (Å²) in [6.45, 7) is -0.0291. The first-order valence-electron chi connectivity index (χ1n) is 10.6. The van der Waals surface area contributed by atoms with Gasteiger partial charge in [0.25, 0.3) is 0 Å². The lowest BCUT2D eigenvalue weighted by molar-refractivity contribution is -0.151. The number of fused-ring (bicyclic) bond motifs is 3. The molecule has 0 aromatic heterocycles. The molecule has 1 fully saturated rings. The third-order valence-electron chi connectivity index (χ3n) is 6.00. The fourth-order valence-electron chi connectivity index (χ4n) is 4.49. The fourth-order valence-corrected chi connectivity index (χ4v) is 4.49. The Kier molecular flexibility index (Phi) is 6.41. The molecule has 1 heterocycles. The molecule has 2 aromatic carbocycles. The Morgan fingerprint density at radius 3 is 2.19 bits per heavy atom. The van der Waals surface area contributed by atoms with Gasteiger partial charge in [-0.05, 0) is 22.3 Å². The molecule has 0 bridgehead atoms. The van der Waals surface area contributed by atoms with Crippen molar-refractivity contribution < 1.29 is 34.1 Å². The minimum Gasteiger partial charge on any atom is -0.481 e. The van der Waals surface area contributed by atoms with Crippen molar-refractivity contribution in [2.45, 2.75) is 37.3 Å². The van der Waals surface area contributed by atoms with E-state index in [4.69, 9.17) is 14.6 Å². The van der Waals surface area contributed by atoms with E-state index in [1.54, 1.807) is 0 Å². The summed E-state index contributed by atoms with van der Waals surface area (Å²) in [6, 6.07) is 15.6. The summed E-state index contributed by atoms with van der Waals surface area (Å²) in [5.41, 5.74) is 4.47. The van der Waals surface area contributed by atoms with Crippen LogP contribution in [0.15, 0.2) is 48.5 Å². The van der Waals surface area contributed by atoms with Crippen molar-refractivity contribution in [1.29, 1.82) is 0 Å². The van der Waals surface area contributed by atoms with E-state index in [9.17, 15) is 19.5 Å². The quantitative estimate of drug-likeness (QED) is 0.638. The molecular formula is C24H25NO7. The zero-order chi connectivity index (χ0) is 22.7. The van der Waals surface area contributed by atoms with Crippen LogP contribution in [0, 0.1) is 0 Å². The molecule has 1 aliphatic heterocycles. The highest BCUT2D eigenvalue weighted by atomic mass is 16.6. The van der Waals surface area contributed by atoms with Crippen LogP contribution >= 0.6 is 0 Å². The van der Waals surface area contributed by atoms with E-state index in [-0.39, 0.29) is 44.9 Å². The van der Waals surface area contributed by atoms with Crippen LogP contribution in [-0.4, -0.2) is 65.0 Å². The van der Waals surface area contributed by atoms with E-state index >= 15 is 0 Å². The Labute approximate surface area is 185 Å². The number of nitrogens with zero attached hydrogens (tertiary/aromatic N) is 1. The molecule has 0 radical (unpaired) electrons. The number of rotatable bonds is 7. The number of carbonyl (C=O) groups is 3. The summed E-state index contributed by atoms with van der Waals surface area (Å²) >= 11 is 0. The third kappa shape index (κ3) is 4.45. The minimum atomic E-state index is -1.08. The van der Waals surface area contributed by atoms with E-state index in [2.05, 4.69) is 12.1 Å². The highest BCUT2D eigenvalue weighted by molar-refractivity contribution is 5.79. The first kappa shape index (κ1) is 21.8. The van der Waals surface area contributed by atoms with Gasteiger partial charge in [-0.2, -0.15) is 0 Å². The number of hydrogen-bond acceptors (Lipinski definition) is 6. The number of carbonyl (C=O) groups excluding carboxylic acids is 2. The number of carboxylic acid groups (broad SMARTS) is 1. The lowest BCUT2D eigenvalue weighted by Crippen LogP contribution is -2.39. The number of amides is 1. The first-order valence-corrected chi connectivity index (χ1v) is 10.6. The van der Waals surface area contributed by atoms with Crippen LogP contribution in [0.4, 0.5) is 4.79 Å². The van der Waals surface area contributed by atoms with Gasteiger partial charge in [0.1, 0.15) is 12.7 Å². The predicted octanol–water partition coefficient (Wildman–Crippen LogP) is 2.78. The van der Waals surface area contributed by atoms with Gasteiger partial charge in [-0.25, -0.2) is 4.79 Å². The second kappa shape index (κ2) is 9.40. The van der Waals surface area contributed by atoms with Crippen molar-refractivity contribution in [3.05, 3.63) is 59.7 Å². The van der Waals surface area contributed by atoms with Crippen molar-refractivity contribution in [2.24, 2.45) is 0 Å². The molecule has 0 unspecified atom stereocenters. The van der Waals surface area contributed by atoms with Crippen molar-refractivity contribution in [1.82, 2.24) is 4.90 Å². The zero-order valence-electron chi connectivity index (χ0n) is 17.5. The smallest absolute Gasteiger partial charge is 0.410 e. The maximum atomic E-state index is 12.8. The molecule has 1 aliphatic carbocycles. The van der Waals surface area contributed by atoms with Gasteiger partial charge in [0.05, 0.1) is 32.0 Å². The van der Waals surface area contributed by atoms with E-state index < -0.39 is 30.2 Å². The maximum Gasteiger partial charge on any atom is 0.410 e. The molecule has 2 aromatic rings. The summed E-state index contributed by atoms with van der Waals surface area (Å²) in [4.78, 5) is 36.6.